The van der Waals surface area contributed by atoms with Gasteiger partial charge in [0.25, 0.3) is 5.91 Å². The largest absolute Gasteiger partial charge is 0.494 e. The van der Waals surface area contributed by atoms with Crippen LogP contribution in [0.4, 0.5) is 0 Å². The van der Waals surface area contributed by atoms with Crippen molar-refractivity contribution in [3.8, 4) is 5.75 Å². The van der Waals surface area contributed by atoms with E-state index < -0.39 is 10.0 Å². The van der Waals surface area contributed by atoms with Crippen LogP contribution >= 0.6 is 11.3 Å². The molecule has 0 saturated carbocycles. The minimum Gasteiger partial charge on any atom is -0.494 e. The van der Waals surface area contributed by atoms with Crippen molar-refractivity contribution in [1.82, 2.24) is 4.57 Å². The van der Waals surface area contributed by atoms with E-state index in [1.54, 1.807) is 24.3 Å². The fourth-order valence-corrected chi connectivity index (χ4v) is 4.88. The standard InChI is InChI=1S/C22H27N3O4S2/c1-3-5-6-13-29-17-9-7-8-16(14-17)21(26)24-22-25(12-4-2)19-11-10-18(31(23,27)28)15-20(19)30-22/h7-11,14-15H,3-6,12-13H2,1-2H3,(H2,23,27,28). The van der Waals surface area contributed by atoms with Crippen LogP contribution in [-0.4, -0.2) is 25.5 Å². The number of thiazole rings is 1. The fourth-order valence-electron chi connectivity index (χ4n) is 3.17. The molecular formula is C22H27N3O4S2. The van der Waals surface area contributed by atoms with Crippen molar-refractivity contribution < 1.29 is 17.9 Å². The number of aryl methyl sites for hydroxylation is 1. The second-order valence-electron chi connectivity index (χ2n) is 7.21. The highest BCUT2D eigenvalue weighted by Gasteiger charge is 2.13. The third-order valence-corrected chi connectivity index (χ3v) is 6.68. The number of ether oxygens (including phenoxy) is 1. The molecule has 1 aromatic heterocycles. The summed E-state index contributed by atoms with van der Waals surface area (Å²) in [6, 6.07) is 11.7. The molecule has 0 fully saturated rings. The van der Waals surface area contributed by atoms with Gasteiger partial charge in [-0.2, -0.15) is 4.99 Å². The van der Waals surface area contributed by atoms with Gasteiger partial charge < -0.3 is 9.30 Å². The van der Waals surface area contributed by atoms with Crippen molar-refractivity contribution >= 4 is 37.5 Å². The summed E-state index contributed by atoms with van der Waals surface area (Å²) in [6.07, 6.45) is 4.03. The zero-order valence-electron chi connectivity index (χ0n) is 17.7. The van der Waals surface area contributed by atoms with Gasteiger partial charge in [-0.3, -0.25) is 4.79 Å². The summed E-state index contributed by atoms with van der Waals surface area (Å²) in [5.41, 5.74) is 1.26. The third-order valence-electron chi connectivity index (χ3n) is 4.72. The molecule has 0 radical (unpaired) electrons. The SMILES string of the molecule is CCCCCOc1cccc(C(=O)N=c2sc3cc(S(N)(=O)=O)ccc3n2CCC)c1. The predicted octanol–water partition coefficient (Wildman–Crippen LogP) is 4.07. The van der Waals surface area contributed by atoms with Gasteiger partial charge in [0.05, 0.1) is 21.7 Å². The lowest BCUT2D eigenvalue weighted by atomic mass is 10.2. The van der Waals surface area contributed by atoms with Crippen molar-refractivity contribution in [1.29, 1.82) is 0 Å². The van der Waals surface area contributed by atoms with Gasteiger partial charge in [-0.25, -0.2) is 13.6 Å². The van der Waals surface area contributed by atoms with Crippen LogP contribution in [-0.2, 0) is 16.6 Å². The number of benzene rings is 2. The van der Waals surface area contributed by atoms with Crippen LogP contribution in [0.3, 0.4) is 0 Å². The molecule has 7 nitrogen and oxygen atoms in total. The Morgan fingerprint density at radius 2 is 1.94 bits per heavy atom. The number of primary sulfonamides is 1. The monoisotopic (exact) mass is 461 g/mol. The molecule has 0 aliphatic carbocycles. The highest BCUT2D eigenvalue weighted by Crippen LogP contribution is 2.22. The van der Waals surface area contributed by atoms with E-state index in [-0.39, 0.29) is 10.8 Å². The molecule has 3 aromatic rings. The number of carbonyl (C=O) groups is 1. The summed E-state index contributed by atoms with van der Waals surface area (Å²) < 4.78 is 31.7. The Morgan fingerprint density at radius 1 is 1.13 bits per heavy atom. The number of sulfonamides is 1. The number of hydrogen-bond acceptors (Lipinski definition) is 5. The van der Waals surface area contributed by atoms with Gasteiger partial charge in [0.15, 0.2) is 4.80 Å². The lowest BCUT2D eigenvalue weighted by Gasteiger charge is -2.06. The lowest BCUT2D eigenvalue weighted by Crippen LogP contribution is -2.17. The van der Waals surface area contributed by atoms with E-state index in [0.29, 0.717) is 34.0 Å². The average Bonchev–Trinajstić information content (AvgIpc) is 3.07. The quantitative estimate of drug-likeness (QED) is 0.485. The van der Waals surface area contributed by atoms with E-state index in [1.807, 2.05) is 17.6 Å². The van der Waals surface area contributed by atoms with Crippen molar-refractivity contribution in [2.45, 2.75) is 51.0 Å². The minimum absolute atomic E-state index is 0.0377. The summed E-state index contributed by atoms with van der Waals surface area (Å²) in [4.78, 5) is 17.7. The van der Waals surface area contributed by atoms with Crippen LogP contribution in [0.1, 0.15) is 49.9 Å². The van der Waals surface area contributed by atoms with Gasteiger partial charge in [-0.05, 0) is 49.2 Å². The van der Waals surface area contributed by atoms with Crippen LogP contribution in [0.2, 0.25) is 0 Å². The molecule has 2 aromatic carbocycles. The molecule has 0 aliphatic rings. The van der Waals surface area contributed by atoms with Crippen LogP contribution < -0.4 is 14.7 Å². The van der Waals surface area contributed by atoms with E-state index in [4.69, 9.17) is 9.88 Å². The first-order chi connectivity index (χ1) is 14.8. The molecule has 9 heteroatoms. The summed E-state index contributed by atoms with van der Waals surface area (Å²) in [5.74, 6) is 0.273. The van der Waals surface area contributed by atoms with E-state index in [2.05, 4.69) is 11.9 Å². The Balaban J connectivity index is 1.95. The average molecular weight is 462 g/mol. The molecule has 0 bridgehead atoms. The number of hydrogen-bond donors (Lipinski definition) is 1. The van der Waals surface area contributed by atoms with Gasteiger partial charge in [0.1, 0.15) is 5.75 Å². The smallest absolute Gasteiger partial charge is 0.279 e. The Hall–Kier alpha value is -2.49. The van der Waals surface area contributed by atoms with E-state index >= 15 is 0 Å². The van der Waals surface area contributed by atoms with Crippen molar-refractivity contribution in [3.63, 3.8) is 0 Å². The summed E-state index contributed by atoms with van der Waals surface area (Å²) >= 11 is 1.26. The molecule has 1 heterocycles. The Bertz CT molecular complexity index is 1240. The van der Waals surface area contributed by atoms with E-state index in [9.17, 15) is 13.2 Å². The number of aromatic nitrogens is 1. The maximum absolute atomic E-state index is 12.9. The first-order valence-corrected chi connectivity index (χ1v) is 12.7. The van der Waals surface area contributed by atoms with Crippen molar-refractivity contribution in [3.05, 3.63) is 52.8 Å². The highest BCUT2D eigenvalue weighted by molar-refractivity contribution is 7.89. The van der Waals surface area contributed by atoms with Gasteiger partial charge >= 0.3 is 0 Å². The number of amides is 1. The molecule has 31 heavy (non-hydrogen) atoms. The van der Waals surface area contributed by atoms with Crippen LogP contribution in [0.5, 0.6) is 5.75 Å². The first kappa shape index (κ1) is 23.2. The number of unbranched alkanes of at least 4 members (excludes halogenated alkanes) is 2. The molecule has 0 aliphatic heterocycles. The van der Waals surface area contributed by atoms with Gasteiger partial charge in [-0.1, -0.05) is 44.1 Å². The second-order valence-corrected chi connectivity index (χ2v) is 9.78. The molecular weight excluding hydrogens is 434 g/mol. The lowest BCUT2D eigenvalue weighted by molar-refractivity contribution is 0.0997. The zero-order valence-corrected chi connectivity index (χ0v) is 19.3. The fraction of sp³-hybridized carbons (Fsp3) is 0.364. The van der Waals surface area contributed by atoms with Crippen molar-refractivity contribution in [2.75, 3.05) is 6.61 Å². The minimum atomic E-state index is -3.81. The number of nitrogens with zero attached hydrogens (tertiary/aromatic N) is 2. The van der Waals surface area contributed by atoms with Gasteiger partial charge in [0, 0.05) is 12.1 Å². The molecule has 166 valence electrons. The molecule has 0 saturated heterocycles. The van der Waals surface area contributed by atoms with Crippen LogP contribution in [0.15, 0.2) is 52.4 Å². The Labute approximate surface area is 186 Å². The third kappa shape index (κ3) is 5.81. The predicted molar refractivity (Wildman–Crippen MR) is 123 cm³/mol. The maximum Gasteiger partial charge on any atom is 0.279 e. The molecule has 3 rings (SSSR count). The van der Waals surface area contributed by atoms with E-state index in [1.165, 1.54) is 23.5 Å². The van der Waals surface area contributed by atoms with Crippen LogP contribution in [0.25, 0.3) is 10.2 Å². The number of nitrogens with two attached hydrogens (primary N) is 1. The molecule has 2 N–H and O–H groups in total. The van der Waals surface area contributed by atoms with Crippen LogP contribution in [0, 0.1) is 0 Å². The van der Waals surface area contributed by atoms with Crippen molar-refractivity contribution in [2.24, 2.45) is 10.1 Å². The van der Waals surface area contributed by atoms with Gasteiger partial charge in [-0.15, -0.1) is 0 Å². The summed E-state index contributed by atoms with van der Waals surface area (Å²) in [7, 11) is -3.81. The zero-order chi connectivity index (χ0) is 22.4. The molecule has 0 atom stereocenters. The molecule has 0 unspecified atom stereocenters. The molecule has 1 amide bonds. The van der Waals surface area contributed by atoms with E-state index in [0.717, 1.165) is 31.2 Å². The number of fused-ring (bicyclic) bond motifs is 1. The molecule has 0 spiro atoms. The first-order valence-electron chi connectivity index (χ1n) is 10.3. The Morgan fingerprint density at radius 3 is 2.65 bits per heavy atom. The second kappa shape index (κ2) is 10.2. The Kier molecular flexibility index (Phi) is 7.64. The number of carbonyl (C=O) groups excluding carboxylic acids is 1. The normalized spacial score (nSPS) is 12.4. The highest BCUT2D eigenvalue weighted by atomic mass is 32.2. The topological polar surface area (TPSA) is 104 Å². The summed E-state index contributed by atoms with van der Waals surface area (Å²) in [6.45, 7) is 5.43. The maximum atomic E-state index is 12.9. The summed E-state index contributed by atoms with van der Waals surface area (Å²) in [5, 5.41) is 5.25. The number of rotatable bonds is 9. The van der Waals surface area contributed by atoms with Gasteiger partial charge in [0.2, 0.25) is 10.0 Å².